The van der Waals surface area contributed by atoms with Crippen molar-refractivity contribution < 1.29 is 22.7 Å². The number of rotatable bonds is 6. The average molecular weight is 378 g/mol. The molecule has 0 unspecified atom stereocenters. The SMILES string of the molecule is CC(=O)Cc1ccc(Cc2cc(C(F)(F)F)nc(OC3CCCC3)n2)cc1. The highest BCUT2D eigenvalue weighted by Crippen LogP contribution is 2.30. The molecule has 1 fully saturated rings. The van der Waals surface area contributed by atoms with Crippen LogP contribution in [0, 0.1) is 0 Å². The molecule has 1 aromatic carbocycles. The summed E-state index contributed by atoms with van der Waals surface area (Å²) in [6.45, 7) is 1.51. The summed E-state index contributed by atoms with van der Waals surface area (Å²) in [5.41, 5.74) is 0.939. The van der Waals surface area contributed by atoms with Gasteiger partial charge in [0, 0.05) is 12.8 Å². The van der Waals surface area contributed by atoms with Crippen LogP contribution in [0.2, 0.25) is 0 Å². The van der Waals surface area contributed by atoms with Crippen LogP contribution >= 0.6 is 0 Å². The molecule has 4 nitrogen and oxygen atoms in total. The molecular formula is C20H21F3N2O2. The lowest BCUT2D eigenvalue weighted by Crippen LogP contribution is -2.17. The Balaban J connectivity index is 1.81. The van der Waals surface area contributed by atoms with E-state index in [2.05, 4.69) is 9.97 Å². The summed E-state index contributed by atoms with van der Waals surface area (Å²) in [5.74, 6) is 0.0575. The second-order valence-electron chi connectivity index (χ2n) is 6.92. The summed E-state index contributed by atoms with van der Waals surface area (Å²) in [7, 11) is 0. The predicted molar refractivity (Wildman–Crippen MR) is 93.6 cm³/mol. The number of aromatic nitrogens is 2. The van der Waals surface area contributed by atoms with Crippen LogP contribution in [0.4, 0.5) is 13.2 Å². The number of ether oxygens (including phenoxy) is 1. The number of alkyl halides is 3. The minimum absolute atomic E-state index is 0.0575. The van der Waals surface area contributed by atoms with Gasteiger partial charge in [-0.1, -0.05) is 24.3 Å². The van der Waals surface area contributed by atoms with Crippen LogP contribution in [-0.2, 0) is 23.8 Å². The molecule has 0 radical (unpaired) electrons. The predicted octanol–water partition coefficient (Wildman–Crippen LogP) is 4.54. The second-order valence-corrected chi connectivity index (χ2v) is 6.92. The number of carbonyl (C=O) groups is 1. The van der Waals surface area contributed by atoms with E-state index in [0.717, 1.165) is 42.9 Å². The Morgan fingerprint density at radius 1 is 1.11 bits per heavy atom. The van der Waals surface area contributed by atoms with Gasteiger partial charge in [-0.3, -0.25) is 4.79 Å². The molecule has 0 atom stereocenters. The molecular weight excluding hydrogens is 357 g/mol. The molecule has 1 aliphatic carbocycles. The van der Waals surface area contributed by atoms with E-state index in [1.165, 1.54) is 6.92 Å². The van der Waals surface area contributed by atoms with Crippen molar-refractivity contribution in [1.29, 1.82) is 0 Å². The first-order valence-electron chi connectivity index (χ1n) is 8.98. The van der Waals surface area contributed by atoms with Crippen molar-refractivity contribution in [2.24, 2.45) is 0 Å². The van der Waals surface area contributed by atoms with Crippen molar-refractivity contribution in [2.45, 2.75) is 57.7 Å². The fourth-order valence-electron chi connectivity index (χ4n) is 3.19. The molecule has 1 aromatic heterocycles. The Labute approximate surface area is 155 Å². The number of hydrogen-bond acceptors (Lipinski definition) is 4. The fourth-order valence-corrected chi connectivity index (χ4v) is 3.19. The maximum atomic E-state index is 13.2. The van der Waals surface area contributed by atoms with Crippen LogP contribution in [0.5, 0.6) is 6.01 Å². The molecule has 0 saturated heterocycles. The minimum atomic E-state index is -4.56. The number of benzene rings is 1. The number of halogens is 3. The average Bonchev–Trinajstić information content (AvgIpc) is 3.08. The Bertz CT molecular complexity index is 798. The van der Waals surface area contributed by atoms with Gasteiger partial charge in [0.25, 0.3) is 0 Å². The van der Waals surface area contributed by atoms with Crippen molar-refractivity contribution in [1.82, 2.24) is 9.97 Å². The van der Waals surface area contributed by atoms with Gasteiger partial charge >= 0.3 is 12.2 Å². The van der Waals surface area contributed by atoms with Crippen molar-refractivity contribution in [3.63, 3.8) is 0 Å². The third kappa shape index (κ3) is 5.52. The molecule has 1 heterocycles. The lowest BCUT2D eigenvalue weighted by molar-refractivity contribution is -0.141. The molecule has 0 spiro atoms. The Kier molecular flexibility index (Phi) is 5.77. The van der Waals surface area contributed by atoms with Crippen LogP contribution in [-0.4, -0.2) is 21.9 Å². The normalized spacial score (nSPS) is 15.1. The third-order valence-electron chi connectivity index (χ3n) is 4.48. The highest BCUT2D eigenvalue weighted by atomic mass is 19.4. The van der Waals surface area contributed by atoms with Crippen LogP contribution in [0.15, 0.2) is 30.3 Å². The van der Waals surface area contributed by atoms with Crippen molar-refractivity contribution in [2.75, 3.05) is 0 Å². The molecule has 2 aromatic rings. The number of carbonyl (C=O) groups excluding carboxylic acids is 1. The van der Waals surface area contributed by atoms with Crippen LogP contribution in [0.3, 0.4) is 0 Å². The van der Waals surface area contributed by atoms with Gasteiger partial charge < -0.3 is 4.74 Å². The number of nitrogens with zero attached hydrogens (tertiary/aromatic N) is 2. The number of ketones is 1. The number of hydrogen-bond donors (Lipinski definition) is 0. The molecule has 144 valence electrons. The molecule has 1 saturated carbocycles. The van der Waals surface area contributed by atoms with Gasteiger partial charge in [-0.15, -0.1) is 0 Å². The van der Waals surface area contributed by atoms with E-state index in [-0.39, 0.29) is 30.0 Å². The zero-order chi connectivity index (χ0) is 19.4. The number of Topliss-reactive ketones (excluding diaryl/α,β-unsaturated/α-hetero) is 1. The molecule has 27 heavy (non-hydrogen) atoms. The van der Waals surface area contributed by atoms with Crippen molar-refractivity contribution in [3.8, 4) is 6.01 Å². The molecule has 0 bridgehead atoms. The smallest absolute Gasteiger partial charge is 0.433 e. The van der Waals surface area contributed by atoms with Crippen LogP contribution < -0.4 is 4.74 Å². The Morgan fingerprint density at radius 3 is 2.33 bits per heavy atom. The fraction of sp³-hybridized carbons (Fsp3) is 0.450. The maximum Gasteiger partial charge on any atom is 0.433 e. The van der Waals surface area contributed by atoms with Gasteiger partial charge in [0.1, 0.15) is 11.9 Å². The molecule has 0 aliphatic heterocycles. The van der Waals surface area contributed by atoms with Gasteiger partial charge in [-0.25, -0.2) is 0 Å². The highest BCUT2D eigenvalue weighted by molar-refractivity contribution is 5.78. The zero-order valence-electron chi connectivity index (χ0n) is 15.1. The molecule has 1 aliphatic rings. The topological polar surface area (TPSA) is 52.1 Å². The summed E-state index contributed by atoms with van der Waals surface area (Å²) in [6.07, 6.45) is -0.479. The Hall–Kier alpha value is -2.44. The van der Waals surface area contributed by atoms with Gasteiger partial charge in [0.2, 0.25) is 0 Å². The summed E-state index contributed by atoms with van der Waals surface area (Å²) in [6, 6.07) is 7.96. The van der Waals surface area contributed by atoms with E-state index in [9.17, 15) is 18.0 Å². The van der Waals surface area contributed by atoms with Crippen molar-refractivity contribution in [3.05, 3.63) is 52.8 Å². The summed E-state index contributed by atoms with van der Waals surface area (Å²) in [5, 5.41) is 0. The van der Waals surface area contributed by atoms with Gasteiger partial charge in [0.15, 0.2) is 5.69 Å². The van der Waals surface area contributed by atoms with Crippen LogP contribution in [0.25, 0.3) is 0 Å². The van der Waals surface area contributed by atoms with E-state index < -0.39 is 11.9 Å². The van der Waals surface area contributed by atoms with Crippen molar-refractivity contribution >= 4 is 5.78 Å². The minimum Gasteiger partial charge on any atom is -0.460 e. The first kappa shape index (κ1) is 19.3. The van der Waals surface area contributed by atoms with Gasteiger partial charge in [0.05, 0.1) is 5.69 Å². The summed E-state index contributed by atoms with van der Waals surface area (Å²) in [4.78, 5) is 18.9. The quantitative estimate of drug-likeness (QED) is 0.741. The van der Waals surface area contributed by atoms with Gasteiger partial charge in [-0.05, 0) is 49.8 Å². The summed E-state index contributed by atoms with van der Waals surface area (Å²) < 4.78 is 45.2. The highest BCUT2D eigenvalue weighted by Gasteiger charge is 2.34. The third-order valence-corrected chi connectivity index (χ3v) is 4.48. The first-order chi connectivity index (χ1) is 12.8. The molecule has 7 heteroatoms. The first-order valence-corrected chi connectivity index (χ1v) is 8.98. The van der Waals surface area contributed by atoms with Gasteiger partial charge in [-0.2, -0.15) is 23.1 Å². The lowest BCUT2D eigenvalue weighted by atomic mass is 10.0. The van der Waals surface area contributed by atoms with E-state index in [0.29, 0.717) is 6.42 Å². The zero-order valence-corrected chi connectivity index (χ0v) is 15.1. The maximum absolute atomic E-state index is 13.2. The standard InChI is InChI=1S/C20H21F3N2O2/c1-13(26)10-14-6-8-15(9-7-14)11-16-12-18(20(21,22)23)25-19(24-16)27-17-4-2-3-5-17/h6-9,12,17H,2-5,10-11H2,1H3. The molecule has 3 rings (SSSR count). The van der Waals surface area contributed by atoms with E-state index in [1.807, 2.05) is 0 Å². The lowest BCUT2D eigenvalue weighted by Gasteiger charge is -2.14. The largest absolute Gasteiger partial charge is 0.460 e. The van der Waals surface area contributed by atoms with E-state index >= 15 is 0 Å². The monoisotopic (exact) mass is 378 g/mol. The van der Waals surface area contributed by atoms with E-state index in [4.69, 9.17) is 4.74 Å². The Morgan fingerprint density at radius 2 is 1.74 bits per heavy atom. The van der Waals surface area contributed by atoms with E-state index in [1.54, 1.807) is 24.3 Å². The second kappa shape index (κ2) is 8.06. The molecule has 0 amide bonds. The summed E-state index contributed by atoms with van der Waals surface area (Å²) >= 11 is 0. The van der Waals surface area contributed by atoms with Crippen LogP contribution in [0.1, 0.15) is 55.1 Å². The molecule has 0 N–H and O–H groups in total.